The van der Waals surface area contributed by atoms with E-state index in [1.165, 1.54) is 30.5 Å². The van der Waals surface area contributed by atoms with Crippen LogP contribution < -0.4 is 0 Å². The lowest BCUT2D eigenvalue weighted by Crippen LogP contribution is -2.29. The van der Waals surface area contributed by atoms with Crippen LogP contribution in [0.5, 0.6) is 0 Å². The van der Waals surface area contributed by atoms with Crippen LogP contribution in [0.15, 0.2) is 23.8 Å². The van der Waals surface area contributed by atoms with Crippen LogP contribution in [0.1, 0.15) is 33.1 Å². The summed E-state index contributed by atoms with van der Waals surface area (Å²) in [5, 5.41) is 0. The standard InChI is InChI=1S/C18H33NO3/c1-4-17(2)16-22-15-14-21-13-12-20-11-10-19-8-5-6-18(3)7-9-19/h4H,3,5-16H2,1-2H3/b17-4+. The van der Waals surface area contributed by atoms with Crippen LogP contribution in [-0.4, -0.2) is 64.2 Å². The first-order valence-corrected chi connectivity index (χ1v) is 8.46. The Hall–Kier alpha value is -0.680. The topological polar surface area (TPSA) is 30.9 Å². The van der Waals surface area contributed by atoms with Crippen LogP contribution in [0.3, 0.4) is 0 Å². The molecule has 1 fully saturated rings. The molecule has 1 saturated heterocycles. The van der Waals surface area contributed by atoms with E-state index in [0.717, 1.165) is 26.1 Å². The second-order valence-electron chi connectivity index (χ2n) is 5.86. The lowest BCUT2D eigenvalue weighted by atomic mass is 10.1. The van der Waals surface area contributed by atoms with E-state index in [1.807, 2.05) is 6.92 Å². The van der Waals surface area contributed by atoms with E-state index in [1.54, 1.807) is 0 Å². The summed E-state index contributed by atoms with van der Waals surface area (Å²) in [6.45, 7) is 15.5. The Morgan fingerprint density at radius 1 is 1.05 bits per heavy atom. The molecule has 0 atom stereocenters. The monoisotopic (exact) mass is 311 g/mol. The van der Waals surface area contributed by atoms with Gasteiger partial charge in [-0.3, -0.25) is 0 Å². The van der Waals surface area contributed by atoms with Crippen molar-refractivity contribution in [2.45, 2.75) is 33.1 Å². The fraction of sp³-hybridized carbons (Fsp3) is 0.778. The predicted molar refractivity (Wildman–Crippen MR) is 91.3 cm³/mol. The molecule has 0 aliphatic carbocycles. The first kappa shape index (κ1) is 19.4. The Morgan fingerprint density at radius 2 is 1.73 bits per heavy atom. The number of likely N-dealkylation sites (tertiary alicyclic amines) is 1. The minimum Gasteiger partial charge on any atom is -0.378 e. The number of hydrogen-bond acceptors (Lipinski definition) is 4. The quantitative estimate of drug-likeness (QED) is 0.433. The van der Waals surface area contributed by atoms with Gasteiger partial charge in [0.1, 0.15) is 0 Å². The molecule has 1 heterocycles. The van der Waals surface area contributed by atoms with Gasteiger partial charge in [0, 0.05) is 13.1 Å². The van der Waals surface area contributed by atoms with Gasteiger partial charge >= 0.3 is 0 Å². The minimum absolute atomic E-state index is 0.634. The largest absolute Gasteiger partial charge is 0.378 e. The number of rotatable bonds is 11. The predicted octanol–water partition coefficient (Wildman–Crippen LogP) is 3.04. The number of allylic oxidation sites excluding steroid dienone is 1. The third-order valence-electron chi connectivity index (χ3n) is 3.90. The molecule has 0 aromatic carbocycles. The first-order valence-electron chi connectivity index (χ1n) is 8.46. The molecular weight excluding hydrogens is 278 g/mol. The molecule has 0 spiro atoms. The van der Waals surface area contributed by atoms with Crippen LogP contribution >= 0.6 is 0 Å². The van der Waals surface area contributed by atoms with Crippen molar-refractivity contribution in [1.82, 2.24) is 4.90 Å². The van der Waals surface area contributed by atoms with Gasteiger partial charge in [-0.05, 0) is 39.7 Å². The molecule has 4 nitrogen and oxygen atoms in total. The molecule has 0 unspecified atom stereocenters. The number of nitrogens with zero attached hydrogens (tertiary/aromatic N) is 1. The van der Waals surface area contributed by atoms with Gasteiger partial charge < -0.3 is 19.1 Å². The average molecular weight is 311 g/mol. The van der Waals surface area contributed by atoms with E-state index in [4.69, 9.17) is 14.2 Å². The highest BCUT2D eigenvalue weighted by molar-refractivity contribution is 4.96. The van der Waals surface area contributed by atoms with Crippen LogP contribution in [0.25, 0.3) is 0 Å². The summed E-state index contributed by atoms with van der Waals surface area (Å²) >= 11 is 0. The van der Waals surface area contributed by atoms with Crippen LogP contribution in [0.4, 0.5) is 0 Å². The van der Waals surface area contributed by atoms with Gasteiger partial charge in [-0.15, -0.1) is 0 Å². The van der Waals surface area contributed by atoms with Crippen molar-refractivity contribution < 1.29 is 14.2 Å². The molecule has 0 aromatic rings. The average Bonchev–Trinajstić information content (AvgIpc) is 2.73. The van der Waals surface area contributed by atoms with Crippen molar-refractivity contribution in [2.75, 3.05) is 59.3 Å². The zero-order chi connectivity index (χ0) is 16.0. The van der Waals surface area contributed by atoms with E-state index >= 15 is 0 Å². The summed E-state index contributed by atoms with van der Waals surface area (Å²) in [7, 11) is 0. The van der Waals surface area contributed by atoms with Crippen molar-refractivity contribution in [2.24, 2.45) is 0 Å². The minimum atomic E-state index is 0.634. The van der Waals surface area contributed by atoms with Gasteiger partial charge in [0.2, 0.25) is 0 Å². The van der Waals surface area contributed by atoms with Gasteiger partial charge in [-0.25, -0.2) is 0 Å². The molecular formula is C18H33NO3. The Bertz CT molecular complexity index is 328. The molecule has 1 aliphatic heterocycles. The van der Waals surface area contributed by atoms with Gasteiger partial charge in [-0.2, -0.15) is 0 Å². The Morgan fingerprint density at radius 3 is 2.45 bits per heavy atom. The van der Waals surface area contributed by atoms with Gasteiger partial charge in [0.05, 0.1) is 39.6 Å². The first-order chi connectivity index (χ1) is 10.7. The van der Waals surface area contributed by atoms with Crippen LogP contribution in [0.2, 0.25) is 0 Å². The molecule has 0 saturated carbocycles. The maximum Gasteiger partial charge on any atom is 0.0704 e. The molecule has 0 amide bonds. The highest BCUT2D eigenvalue weighted by Gasteiger charge is 2.10. The van der Waals surface area contributed by atoms with E-state index < -0.39 is 0 Å². The van der Waals surface area contributed by atoms with Crippen molar-refractivity contribution in [1.29, 1.82) is 0 Å². The summed E-state index contributed by atoms with van der Waals surface area (Å²) in [6, 6.07) is 0. The summed E-state index contributed by atoms with van der Waals surface area (Å²) in [5.41, 5.74) is 2.64. The summed E-state index contributed by atoms with van der Waals surface area (Å²) in [5.74, 6) is 0. The smallest absolute Gasteiger partial charge is 0.0704 e. The number of hydrogen-bond donors (Lipinski definition) is 0. The van der Waals surface area contributed by atoms with Crippen molar-refractivity contribution in [3.05, 3.63) is 23.8 Å². The second-order valence-corrected chi connectivity index (χ2v) is 5.86. The molecule has 22 heavy (non-hydrogen) atoms. The molecule has 1 rings (SSSR count). The molecule has 0 bridgehead atoms. The van der Waals surface area contributed by atoms with E-state index in [9.17, 15) is 0 Å². The fourth-order valence-corrected chi connectivity index (χ4v) is 2.28. The molecule has 4 heteroatoms. The number of ether oxygens (including phenoxy) is 3. The zero-order valence-electron chi connectivity index (χ0n) is 14.4. The fourth-order valence-electron chi connectivity index (χ4n) is 2.28. The molecule has 0 aromatic heterocycles. The van der Waals surface area contributed by atoms with Crippen LogP contribution in [0, 0.1) is 0 Å². The van der Waals surface area contributed by atoms with Crippen LogP contribution in [-0.2, 0) is 14.2 Å². The van der Waals surface area contributed by atoms with Crippen molar-refractivity contribution in [3.8, 4) is 0 Å². The van der Waals surface area contributed by atoms with Crippen molar-refractivity contribution in [3.63, 3.8) is 0 Å². The van der Waals surface area contributed by atoms with E-state index in [0.29, 0.717) is 33.0 Å². The highest BCUT2D eigenvalue weighted by atomic mass is 16.5. The maximum absolute atomic E-state index is 5.63. The van der Waals surface area contributed by atoms with Crippen molar-refractivity contribution >= 4 is 0 Å². The zero-order valence-corrected chi connectivity index (χ0v) is 14.4. The lowest BCUT2D eigenvalue weighted by molar-refractivity contribution is 0.0142. The molecule has 1 aliphatic rings. The lowest BCUT2D eigenvalue weighted by Gasteiger charge is -2.19. The maximum atomic E-state index is 5.63. The SMILES string of the molecule is C=C1CCCN(CCOCCOCCOC/C(C)=C/C)CC1. The van der Waals surface area contributed by atoms with E-state index in [-0.39, 0.29) is 0 Å². The Balaban J connectivity index is 1.84. The summed E-state index contributed by atoms with van der Waals surface area (Å²) < 4.78 is 16.6. The normalized spacial score (nSPS) is 17.7. The summed E-state index contributed by atoms with van der Waals surface area (Å²) in [4.78, 5) is 2.47. The third kappa shape index (κ3) is 10.1. The Kier molecular flexibility index (Phi) is 11.3. The summed E-state index contributed by atoms with van der Waals surface area (Å²) in [6.07, 6.45) is 5.61. The highest BCUT2D eigenvalue weighted by Crippen LogP contribution is 2.13. The Labute approximate surface area is 136 Å². The second kappa shape index (κ2) is 12.8. The van der Waals surface area contributed by atoms with Gasteiger partial charge in [0.15, 0.2) is 0 Å². The molecule has 0 N–H and O–H groups in total. The molecule has 0 radical (unpaired) electrons. The van der Waals surface area contributed by atoms with Gasteiger partial charge in [-0.1, -0.05) is 23.8 Å². The van der Waals surface area contributed by atoms with E-state index in [2.05, 4.69) is 24.5 Å². The molecule has 128 valence electrons. The van der Waals surface area contributed by atoms with Gasteiger partial charge in [0.25, 0.3) is 0 Å². The third-order valence-corrected chi connectivity index (χ3v) is 3.90.